The molecule has 0 fully saturated rings. The molecule has 0 spiro atoms. The molecule has 0 radical (unpaired) electrons. The molecular formula is C2H9NO2S. The van der Waals surface area contributed by atoms with Crippen molar-refractivity contribution in [3.8, 4) is 0 Å². The van der Waals surface area contributed by atoms with Crippen LogP contribution in [-0.2, 0) is 16.0 Å². The van der Waals surface area contributed by atoms with E-state index in [1.807, 2.05) is 0 Å². The average Bonchev–Trinajstić information content (AvgIpc) is 1.73. The zero-order chi connectivity index (χ0) is 6.28. The first-order valence-corrected chi connectivity index (χ1v) is 1.99. The van der Waals surface area contributed by atoms with Crippen LogP contribution in [0.5, 0.6) is 0 Å². The lowest BCUT2D eigenvalue weighted by molar-refractivity contribution is 0.461. The number of hydrogen-bond donors (Lipinski definition) is 2. The second-order valence-corrected chi connectivity index (χ2v) is 0.704. The summed E-state index contributed by atoms with van der Waals surface area (Å²) in [5.74, 6) is 0. The number of thiol groups is 1. The van der Waals surface area contributed by atoms with E-state index in [0.29, 0.717) is 0 Å². The molecule has 40 valence electrons. The van der Waals surface area contributed by atoms with Crippen molar-refractivity contribution in [3.63, 3.8) is 0 Å². The van der Waals surface area contributed by atoms with Crippen molar-refractivity contribution in [2.24, 2.45) is 5.73 Å². The Morgan fingerprint density at radius 3 is 2.17 bits per heavy atom. The molecule has 0 saturated heterocycles. The fourth-order valence-electron chi connectivity index (χ4n) is 0. The van der Waals surface area contributed by atoms with E-state index in [1.54, 1.807) is 0 Å². The van der Waals surface area contributed by atoms with E-state index in [2.05, 4.69) is 9.92 Å². The second-order valence-electron chi connectivity index (χ2n) is 0.235. The summed E-state index contributed by atoms with van der Waals surface area (Å²) in [6, 6.07) is 0. The largest absolute Gasteiger partial charge is 0.333 e. The molecule has 0 aliphatic rings. The van der Waals surface area contributed by atoms with Crippen molar-refractivity contribution in [3.05, 3.63) is 0 Å². The molecule has 1 atom stereocenters. The lowest BCUT2D eigenvalue weighted by Gasteiger charge is -1.61. The fraction of sp³-hybridized carbons (Fsp3) is 1.00. The van der Waals surface area contributed by atoms with Gasteiger partial charge in [-0.2, -0.15) is 0 Å². The fourth-order valence-corrected chi connectivity index (χ4v) is 0. The summed E-state index contributed by atoms with van der Waals surface area (Å²) in [6.07, 6.45) is 0. The van der Waals surface area contributed by atoms with Crippen LogP contribution >= 0.6 is 0 Å². The van der Waals surface area contributed by atoms with Crippen molar-refractivity contribution in [2.45, 2.75) is 0 Å². The van der Waals surface area contributed by atoms with E-state index in [0.717, 1.165) is 0 Å². The SMILES string of the molecule is CN.[2H]S(=O)OC. The predicted octanol–water partition coefficient (Wildman–Crippen LogP) is -0.932. The van der Waals surface area contributed by atoms with Gasteiger partial charge in [-0.25, -0.2) is 4.21 Å². The summed E-state index contributed by atoms with van der Waals surface area (Å²) >= 11 is -1.82. The minimum atomic E-state index is -1.82. The van der Waals surface area contributed by atoms with Gasteiger partial charge in [0.15, 0.2) is 1.12 Å². The Balaban J connectivity index is 0. The Morgan fingerprint density at radius 2 is 2.17 bits per heavy atom. The van der Waals surface area contributed by atoms with Gasteiger partial charge in [-0.05, 0) is 7.05 Å². The van der Waals surface area contributed by atoms with E-state index >= 15 is 0 Å². The van der Waals surface area contributed by atoms with Gasteiger partial charge in [-0.3, -0.25) is 4.18 Å². The lowest BCUT2D eigenvalue weighted by atomic mass is 11.6. The molecule has 3 nitrogen and oxygen atoms in total. The van der Waals surface area contributed by atoms with Crippen LogP contribution < -0.4 is 5.73 Å². The third kappa shape index (κ3) is 33.5. The molecule has 4 heteroatoms. The van der Waals surface area contributed by atoms with E-state index < -0.39 is 11.9 Å². The van der Waals surface area contributed by atoms with E-state index in [1.165, 1.54) is 14.2 Å². The zero-order valence-electron chi connectivity index (χ0n) is 4.80. The molecule has 1 unspecified atom stereocenters. The minimum absolute atomic E-state index is 1.21. The van der Waals surface area contributed by atoms with Crippen molar-refractivity contribution in [2.75, 3.05) is 14.2 Å². The van der Waals surface area contributed by atoms with Crippen LogP contribution in [0.2, 0.25) is 0 Å². The maximum atomic E-state index is 9.37. The molecule has 0 aromatic carbocycles. The van der Waals surface area contributed by atoms with Crippen LogP contribution in [-0.4, -0.2) is 19.5 Å². The maximum Gasteiger partial charge on any atom is 0.172 e. The Hall–Kier alpha value is 0.0700. The number of rotatable bonds is 1. The number of hydrogen-bond acceptors (Lipinski definition) is 3. The van der Waals surface area contributed by atoms with Crippen LogP contribution in [0.15, 0.2) is 0 Å². The molecule has 0 aliphatic carbocycles. The van der Waals surface area contributed by atoms with Crippen LogP contribution in [0.3, 0.4) is 0 Å². The summed E-state index contributed by atoms with van der Waals surface area (Å²) in [6.45, 7) is 0. The molecule has 6 heavy (non-hydrogen) atoms. The predicted molar refractivity (Wildman–Crippen MR) is 26.7 cm³/mol. The van der Waals surface area contributed by atoms with Crippen LogP contribution in [0, 0.1) is 0 Å². The average molecular weight is 112 g/mol. The van der Waals surface area contributed by atoms with Crippen molar-refractivity contribution in [1.29, 1.82) is 1.12 Å². The third-order valence-corrected chi connectivity index (χ3v) is 0.204. The summed E-state index contributed by atoms with van der Waals surface area (Å²) in [7, 11) is 2.71. The topological polar surface area (TPSA) is 52.3 Å². The smallest absolute Gasteiger partial charge is 0.172 e. The summed E-state index contributed by atoms with van der Waals surface area (Å²) < 4.78 is 19.3. The van der Waals surface area contributed by atoms with Gasteiger partial charge < -0.3 is 5.73 Å². The highest BCUT2D eigenvalue weighted by Crippen LogP contribution is 1.42. The Morgan fingerprint density at radius 1 is 2.00 bits per heavy atom. The Bertz CT molecular complexity index is 51.0. The Labute approximate surface area is 42.3 Å². The molecule has 0 amide bonds. The van der Waals surface area contributed by atoms with Gasteiger partial charge >= 0.3 is 0 Å². The highest BCUT2D eigenvalue weighted by Gasteiger charge is 1.44. The van der Waals surface area contributed by atoms with Crippen LogP contribution in [0.25, 0.3) is 0 Å². The monoisotopic (exact) mass is 112 g/mol. The van der Waals surface area contributed by atoms with E-state index in [9.17, 15) is 4.21 Å². The van der Waals surface area contributed by atoms with Gasteiger partial charge in [0.2, 0.25) is 0 Å². The van der Waals surface area contributed by atoms with Gasteiger partial charge in [0.05, 0.1) is 7.11 Å². The van der Waals surface area contributed by atoms with Gasteiger partial charge in [0.1, 0.15) is 11.9 Å². The molecule has 0 rings (SSSR count). The second kappa shape index (κ2) is 19.6. The molecular weight excluding hydrogens is 102 g/mol. The van der Waals surface area contributed by atoms with E-state index in [4.69, 9.17) is 1.12 Å². The lowest BCUT2D eigenvalue weighted by Crippen LogP contribution is -1.69. The molecule has 0 aliphatic heterocycles. The highest BCUT2D eigenvalue weighted by atomic mass is 32.2. The van der Waals surface area contributed by atoms with Crippen molar-refractivity contribution < 1.29 is 8.39 Å². The standard InChI is InChI=1S/CH5N.CH4O2S/c1-2;1-3-4-2/h2H2,1H3;4H,1H3/i;4D. The van der Waals surface area contributed by atoms with Crippen LogP contribution in [0.1, 0.15) is 0 Å². The zero-order valence-corrected chi connectivity index (χ0v) is 4.62. The quantitative estimate of drug-likeness (QED) is 0.431. The number of nitrogens with two attached hydrogens (primary N) is 1. The highest BCUT2D eigenvalue weighted by molar-refractivity contribution is 7.60. The molecule has 0 heterocycles. The Kier molecular flexibility index (Phi) is 19.8. The first kappa shape index (κ1) is 6.07. The molecule has 0 aromatic heterocycles. The normalized spacial score (nSPS) is 13.5. The van der Waals surface area contributed by atoms with Crippen molar-refractivity contribution >= 4 is 11.9 Å². The first-order chi connectivity index (χ1) is 3.27. The molecule has 2 N–H and O–H groups in total. The molecule has 0 saturated carbocycles. The first-order valence-electron chi connectivity index (χ1n) is 1.73. The molecule has 0 bridgehead atoms. The summed E-state index contributed by atoms with van der Waals surface area (Å²) in [5, 5.41) is 0. The summed E-state index contributed by atoms with van der Waals surface area (Å²) in [4.78, 5) is 0. The van der Waals surface area contributed by atoms with E-state index in [-0.39, 0.29) is 0 Å². The molecule has 0 aromatic rings. The third-order valence-electron chi connectivity index (χ3n) is 0.0680. The minimum Gasteiger partial charge on any atom is -0.333 e. The maximum absolute atomic E-state index is 9.37. The summed E-state index contributed by atoms with van der Waals surface area (Å²) in [5.41, 5.74) is 4.50. The van der Waals surface area contributed by atoms with Gasteiger partial charge in [-0.15, -0.1) is 0 Å². The van der Waals surface area contributed by atoms with Gasteiger partial charge in [0, 0.05) is 0 Å². The van der Waals surface area contributed by atoms with Gasteiger partial charge in [0.25, 0.3) is 0 Å². The van der Waals surface area contributed by atoms with Crippen LogP contribution in [0.4, 0.5) is 0 Å². The van der Waals surface area contributed by atoms with Crippen molar-refractivity contribution in [1.82, 2.24) is 0 Å². The van der Waals surface area contributed by atoms with Gasteiger partial charge in [-0.1, -0.05) is 0 Å².